The highest BCUT2D eigenvalue weighted by Gasteiger charge is 2.14. The van der Waals surface area contributed by atoms with Crippen LogP contribution < -0.4 is 0 Å². The lowest BCUT2D eigenvalue weighted by molar-refractivity contribution is 1.35. The molecule has 32 heavy (non-hydrogen) atoms. The van der Waals surface area contributed by atoms with E-state index < -0.39 is 0 Å². The maximum Gasteiger partial charge on any atom is 0.0620 e. The van der Waals surface area contributed by atoms with Crippen LogP contribution in [0.2, 0.25) is 0 Å². The van der Waals surface area contributed by atoms with Gasteiger partial charge in [-0.15, -0.1) is 0 Å². The molecule has 0 fully saturated rings. The molecule has 0 aliphatic heterocycles. The summed E-state index contributed by atoms with van der Waals surface area (Å²) in [5.74, 6) is 0. The molecular formula is C31H21N. The number of para-hydroxylation sites is 2. The smallest absolute Gasteiger partial charge is 0.0620 e. The lowest BCUT2D eigenvalue weighted by Crippen LogP contribution is -1.86. The van der Waals surface area contributed by atoms with Gasteiger partial charge in [0.2, 0.25) is 0 Å². The molecular weight excluding hydrogens is 386 g/mol. The number of hydrogen-bond donors (Lipinski definition) is 0. The van der Waals surface area contributed by atoms with Gasteiger partial charge in [0.15, 0.2) is 0 Å². The molecule has 0 saturated carbocycles. The SMILES string of the molecule is Cc1cc2c3ccccc3c3ccccc3c3ccccc3n3c4ccccc4c(c1)c23. The molecule has 0 aliphatic carbocycles. The third-order valence-corrected chi connectivity index (χ3v) is 6.78. The van der Waals surface area contributed by atoms with Crippen molar-refractivity contribution in [1.29, 1.82) is 0 Å². The minimum atomic E-state index is 1.23. The van der Waals surface area contributed by atoms with E-state index in [4.69, 9.17) is 0 Å². The molecule has 0 amide bonds. The van der Waals surface area contributed by atoms with Crippen LogP contribution >= 0.6 is 0 Å². The van der Waals surface area contributed by atoms with Gasteiger partial charge < -0.3 is 4.40 Å². The second-order valence-electron chi connectivity index (χ2n) is 8.67. The molecule has 2 aromatic heterocycles. The number of benzene rings is 5. The van der Waals surface area contributed by atoms with Gasteiger partial charge in [-0.3, -0.25) is 0 Å². The van der Waals surface area contributed by atoms with Gasteiger partial charge in [-0.1, -0.05) is 84.9 Å². The van der Waals surface area contributed by atoms with Gasteiger partial charge in [0.1, 0.15) is 0 Å². The molecule has 0 N–H and O–H groups in total. The van der Waals surface area contributed by atoms with Crippen molar-refractivity contribution in [2.24, 2.45) is 0 Å². The number of hydrogen-bond acceptors (Lipinski definition) is 0. The van der Waals surface area contributed by atoms with E-state index in [2.05, 4.69) is 121 Å². The molecule has 2 heterocycles. The Kier molecular flexibility index (Phi) is 3.54. The van der Waals surface area contributed by atoms with Gasteiger partial charge in [-0.05, 0) is 58.3 Å². The number of aryl methyl sites for hydroxylation is 1. The molecule has 7 aromatic rings. The summed E-state index contributed by atoms with van der Waals surface area (Å²) < 4.78 is 2.48. The first-order chi connectivity index (χ1) is 15.8. The first kappa shape index (κ1) is 17.6. The molecule has 0 bridgehead atoms. The zero-order valence-corrected chi connectivity index (χ0v) is 17.8. The maximum atomic E-state index is 2.48. The van der Waals surface area contributed by atoms with Crippen molar-refractivity contribution in [1.82, 2.24) is 4.40 Å². The zero-order valence-electron chi connectivity index (χ0n) is 17.8. The summed E-state index contributed by atoms with van der Waals surface area (Å²) in [6.45, 7) is 2.21. The minimum Gasteiger partial charge on any atom is -0.308 e. The van der Waals surface area contributed by atoms with E-state index in [-0.39, 0.29) is 0 Å². The van der Waals surface area contributed by atoms with Gasteiger partial charge in [0, 0.05) is 21.5 Å². The molecule has 0 saturated heterocycles. The molecule has 5 aromatic carbocycles. The zero-order chi connectivity index (χ0) is 21.2. The van der Waals surface area contributed by atoms with Crippen molar-refractivity contribution in [3.63, 3.8) is 0 Å². The molecule has 150 valence electrons. The Morgan fingerprint density at radius 2 is 0.750 bits per heavy atom. The number of aromatic nitrogens is 1. The van der Waals surface area contributed by atoms with E-state index in [9.17, 15) is 0 Å². The van der Waals surface area contributed by atoms with Crippen molar-refractivity contribution in [2.75, 3.05) is 0 Å². The van der Waals surface area contributed by atoms with E-state index in [1.165, 1.54) is 65.2 Å². The highest BCUT2D eigenvalue weighted by atomic mass is 14.9. The van der Waals surface area contributed by atoms with E-state index in [0.717, 1.165) is 0 Å². The minimum absolute atomic E-state index is 1.23. The van der Waals surface area contributed by atoms with Crippen LogP contribution in [0.5, 0.6) is 0 Å². The third-order valence-electron chi connectivity index (χ3n) is 6.78. The Bertz CT molecular complexity index is 1890. The summed E-state index contributed by atoms with van der Waals surface area (Å²) in [4.78, 5) is 0. The second-order valence-corrected chi connectivity index (χ2v) is 8.67. The fourth-order valence-electron chi connectivity index (χ4n) is 5.50. The van der Waals surface area contributed by atoms with Crippen LogP contribution in [0.15, 0.2) is 109 Å². The van der Waals surface area contributed by atoms with Gasteiger partial charge in [-0.2, -0.15) is 0 Å². The van der Waals surface area contributed by atoms with Gasteiger partial charge >= 0.3 is 0 Å². The Morgan fingerprint density at radius 3 is 1.28 bits per heavy atom. The molecule has 1 nitrogen and oxygen atoms in total. The first-order valence-electron chi connectivity index (χ1n) is 11.1. The van der Waals surface area contributed by atoms with E-state index >= 15 is 0 Å². The van der Waals surface area contributed by atoms with Crippen molar-refractivity contribution >= 4 is 59.6 Å². The third kappa shape index (κ3) is 2.28. The van der Waals surface area contributed by atoms with Gasteiger partial charge in [0.25, 0.3) is 0 Å². The van der Waals surface area contributed by atoms with Crippen LogP contribution in [0.25, 0.3) is 59.6 Å². The molecule has 0 atom stereocenters. The predicted molar refractivity (Wildman–Crippen MR) is 138 cm³/mol. The molecule has 0 spiro atoms. The summed E-state index contributed by atoms with van der Waals surface area (Å²) in [5.41, 5.74) is 5.04. The number of rotatable bonds is 0. The summed E-state index contributed by atoms with van der Waals surface area (Å²) in [5, 5.41) is 10.3. The number of nitrogens with zero attached hydrogens (tertiary/aromatic N) is 1. The summed E-state index contributed by atoms with van der Waals surface area (Å²) in [6.07, 6.45) is 0. The van der Waals surface area contributed by atoms with Crippen molar-refractivity contribution in [3.05, 3.63) is 115 Å². The Labute approximate surface area is 185 Å². The monoisotopic (exact) mass is 407 g/mol. The van der Waals surface area contributed by atoms with Crippen LogP contribution in [0.4, 0.5) is 0 Å². The fourth-order valence-corrected chi connectivity index (χ4v) is 5.50. The molecule has 0 aliphatic rings. The van der Waals surface area contributed by atoms with Crippen molar-refractivity contribution in [2.45, 2.75) is 6.92 Å². The lowest BCUT2D eigenvalue weighted by Gasteiger charge is -2.05. The quantitative estimate of drug-likeness (QED) is 0.237. The highest BCUT2D eigenvalue weighted by Crippen LogP contribution is 2.38. The average molecular weight is 408 g/mol. The van der Waals surface area contributed by atoms with E-state index in [1.54, 1.807) is 0 Å². The largest absolute Gasteiger partial charge is 0.308 e. The standard InChI is InChI=1S/C31H21N/c1-20-18-27-24-13-5-3-11-22(24)21-10-2-4-12-23(21)25-14-6-8-16-29(25)32-30-17-9-7-15-26(30)28(19-20)31(27)32/h2-19H,1H3. The number of fused-ring (bicyclic) bond motifs is 10. The van der Waals surface area contributed by atoms with Crippen LogP contribution in [-0.4, -0.2) is 4.40 Å². The molecule has 0 unspecified atom stereocenters. The van der Waals surface area contributed by atoms with Crippen LogP contribution in [0.3, 0.4) is 0 Å². The summed E-state index contributed by atoms with van der Waals surface area (Å²) in [7, 11) is 0. The van der Waals surface area contributed by atoms with Gasteiger partial charge in [0.05, 0.1) is 16.6 Å². The Morgan fingerprint density at radius 1 is 0.406 bits per heavy atom. The fraction of sp³-hybridized carbons (Fsp3) is 0.0323. The molecule has 1 heteroatoms. The second kappa shape index (κ2) is 6.45. The van der Waals surface area contributed by atoms with Gasteiger partial charge in [-0.25, -0.2) is 0 Å². The molecule has 0 radical (unpaired) electrons. The predicted octanol–water partition coefficient (Wildman–Crippen LogP) is 8.58. The Hall–Kier alpha value is -4.10. The van der Waals surface area contributed by atoms with E-state index in [1.807, 2.05) is 0 Å². The van der Waals surface area contributed by atoms with Crippen molar-refractivity contribution < 1.29 is 0 Å². The van der Waals surface area contributed by atoms with Crippen LogP contribution in [0.1, 0.15) is 5.56 Å². The lowest BCUT2D eigenvalue weighted by atomic mass is 9.99. The van der Waals surface area contributed by atoms with Crippen molar-refractivity contribution in [3.8, 4) is 0 Å². The average Bonchev–Trinajstić information content (AvgIpc) is 3.19. The topological polar surface area (TPSA) is 4.41 Å². The normalized spacial score (nSPS) is 11.9. The Balaban J connectivity index is 2.04. The first-order valence-corrected chi connectivity index (χ1v) is 11.1. The summed E-state index contributed by atoms with van der Waals surface area (Å²) >= 11 is 0. The highest BCUT2D eigenvalue weighted by molar-refractivity contribution is 6.25. The van der Waals surface area contributed by atoms with Crippen LogP contribution in [0, 0.1) is 6.92 Å². The molecule has 7 rings (SSSR count). The van der Waals surface area contributed by atoms with Crippen LogP contribution in [-0.2, 0) is 0 Å². The van der Waals surface area contributed by atoms with E-state index in [0.29, 0.717) is 0 Å². The maximum absolute atomic E-state index is 2.48. The summed E-state index contributed by atoms with van der Waals surface area (Å²) in [6, 6.07) is 40.0.